The maximum absolute atomic E-state index is 12.8. The first-order valence-corrected chi connectivity index (χ1v) is 10.4. The number of carbonyl (C=O) groups is 2. The first-order valence-electron chi connectivity index (χ1n) is 10.4. The Hall–Kier alpha value is -3.35. The highest BCUT2D eigenvalue weighted by atomic mass is 16.5. The summed E-state index contributed by atoms with van der Waals surface area (Å²) in [6.07, 6.45) is 1.09. The number of esters is 1. The molecule has 7 nitrogen and oxygen atoms in total. The van der Waals surface area contributed by atoms with E-state index in [4.69, 9.17) is 15.7 Å². The van der Waals surface area contributed by atoms with Crippen LogP contribution in [0.1, 0.15) is 44.7 Å². The molecule has 0 fully saturated rings. The molecule has 0 bridgehead atoms. The Kier molecular flexibility index (Phi) is 8.61. The number of ether oxygens (including phenoxy) is 1. The second-order valence-corrected chi connectivity index (χ2v) is 7.74. The lowest BCUT2D eigenvalue weighted by molar-refractivity contribution is -0.155. The Balaban J connectivity index is 2.26. The zero-order valence-corrected chi connectivity index (χ0v) is 18.5. The van der Waals surface area contributed by atoms with Gasteiger partial charge in [-0.25, -0.2) is 4.79 Å². The predicted octanol–water partition coefficient (Wildman–Crippen LogP) is 3.77. The van der Waals surface area contributed by atoms with Crippen LogP contribution in [0.3, 0.4) is 0 Å². The fourth-order valence-electron chi connectivity index (χ4n) is 3.47. The molecule has 0 aromatic heterocycles. The van der Waals surface area contributed by atoms with Crippen LogP contribution in [0.15, 0.2) is 53.7 Å². The molecule has 2 aromatic rings. The number of rotatable bonds is 9. The van der Waals surface area contributed by atoms with Crippen molar-refractivity contribution >= 4 is 17.7 Å². The van der Waals surface area contributed by atoms with Gasteiger partial charge in [0.25, 0.3) is 0 Å². The molecule has 0 saturated heterocycles. The van der Waals surface area contributed by atoms with Crippen LogP contribution in [0.25, 0.3) is 11.1 Å². The number of nitrogens with two attached hydrogens (primary N) is 1. The Morgan fingerprint density at radius 1 is 1.06 bits per heavy atom. The maximum atomic E-state index is 12.8. The van der Waals surface area contributed by atoms with E-state index in [0.29, 0.717) is 24.9 Å². The number of hydrogen-bond acceptors (Lipinski definition) is 5. The van der Waals surface area contributed by atoms with Crippen molar-refractivity contribution in [3.63, 3.8) is 0 Å². The summed E-state index contributed by atoms with van der Waals surface area (Å²) in [6, 6.07) is 14.6. The van der Waals surface area contributed by atoms with Gasteiger partial charge in [-0.3, -0.25) is 4.79 Å². The minimum Gasteiger partial charge on any atom is -0.467 e. The second kappa shape index (κ2) is 11.2. The zero-order valence-electron chi connectivity index (χ0n) is 18.5. The molecule has 0 heterocycles. The van der Waals surface area contributed by atoms with Gasteiger partial charge >= 0.3 is 5.97 Å². The van der Waals surface area contributed by atoms with E-state index in [0.717, 1.165) is 16.7 Å². The van der Waals surface area contributed by atoms with Crippen LogP contribution in [0, 0.1) is 5.92 Å². The Bertz CT molecular complexity index is 905. The Labute approximate surface area is 183 Å². The highest BCUT2D eigenvalue weighted by Crippen LogP contribution is 2.23. The van der Waals surface area contributed by atoms with Gasteiger partial charge in [-0.15, -0.1) is 0 Å². The molecule has 0 aliphatic rings. The SMILES string of the molecule is CCCC(=O)N(Cc1ccc(-c2ccc(/C(N)=N\O)cc2)cc1)[C@H](C(=O)OC)C(C)C. The summed E-state index contributed by atoms with van der Waals surface area (Å²) in [6.45, 7) is 6.10. The fraction of sp³-hybridized carbons (Fsp3) is 0.375. The van der Waals surface area contributed by atoms with Crippen molar-refractivity contribution in [1.82, 2.24) is 4.90 Å². The molecule has 3 N–H and O–H groups in total. The molecule has 0 saturated carbocycles. The minimum absolute atomic E-state index is 0.0593. The first-order chi connectivity index (χ1) is 14.8. The van der Waals surface area contributed by atoms with Gasteiger partial charge in [-0.05, 0) is 29.0 Å². The largest absolute Gasteiger partial charge is 0.467 e. The molecule has 0 aliphatic carbocycles. The minimum atomic E-state index is -0.630. The average Bonchev–Trinajstić information content (AvgIpc) is 2.78. The van der Waals surface area contributed by atoms with E-state index in [1.807, 2.05) is 57.2 Å². The maximum Gasteiger partial charge on any atom is 0.328 e. The van der Waals surface area contributed by atoms with Crippen LogP contribution in [0.4, 0.5) is 0 Å². The number of oxime groups is 1. The molecule has 0 aliphatic heterocycles. The van der Waals surface area contributed by atoms with Crippen molar-refractivity contribution in [2.75, 3.05) is 7.11 Å². The Morgan fingerprint density at radius 2 is 1.61 bits per heavy atom. The smallest absolute Gasteiger partial charge is 0.328 e. The lowest BCUT2D eigenvalue weighted by Crippen LogP contribution is -2.48. The molecule has 1 atom stereocenters. The first kappa shape index (κ1) is 23.9. The molecule has 1 amide bonds. The number of carbonyl (C=O) groups excluding carboxylic acids is 2. The normalized spacial score (nSPS) is 12.5. The number of nitrogens with zero attached hydrogens (tertiary/aromatic N) is 2. The van der Waals surface area contributed by atoms with Crippen molar-refractivity contribution in [2.24, 2.45) is 16.8 Å². The third-order valence-corrected chi connectivity index (χ3v) is 5.12. The van der Waals surface area contributed by atoms with Crippen molar-refractivity contribution in [2.45, 2.75) is 46.2 Å². The third-order valence-electron chi connectivity index (χ3n) is 5.12. The van der Waals surface area contributed by atoms with Gasteiger partial charge in [-0.1, -0.05) is 74.5 Å². The van der Waals surface area contributed by atoms with Gasteiger partial charge in [0.1, 0.15) is 6.04 Å². The van der Waals surface area contributed by atoms with Crippen molar-refractivity contribution < 1.29 is 19.5 Å². The highest BCUT2D eigenvalue weighted by Gasteiger charge is 2.32. The van der Waals surface area contributed by atoms with Gasteiger partial charge in [0, 0.05) is 18.5 Å². The topological polar surface area (TPSA) is 105 Å². The quantitative estimate of drug-likeness (QED) is 0.209. The molecular formula is C24H31N3O4. The second-order valence-electron chi connectivity index (χ2n) is 7.74. The molecule has 0 unspecified atom stereocenters. The highest BCUT2D eigenvalue weighted by molar-refractivity contribution is 5.97. The summed E-state index contributed by atoms with van der Waals surface area (Å²) in [5, 5.41) is 11.8. The summed E-state index contributed by atoms with van der Waals surface area (Å²) in [7, 11) is 1.35. The third kappa shape index (κ3) is 6.07. The van der Waals surface area contributed by atoms with E-state index < -0.39 is 12.0 Å². The van der Waals surface area contributed by atoms with E-state index in [-0.39, 0.29) is 17.7 Å². The summed E-state index contributed by atoms with van der Waals surface area (Å²) < 4.78 is 4.97. The van der Waals surface area contributed by atoms with E-state index in [2.05, 4.69) is 5.16 Å². The van der Waals surface area contributed by atoms with E-state index >= 15 is 0 Å². The molecule has 31 heavy (non-hydrogen) atoms. The average molecular weight is 426 g/mol. The van der Waals surface area contributed by atoms with Gasteiger partial charge in [0.2, 0.25) is 5.91 Å². The predicted molar refractivity (Wildman–Crippen MR) is 120 cm³/mol. The van der Waals surface area contributed by atoms with Gasteiger partial charge in [0.15, 0.2) is 5.84 Å². The van der Waals surface area contributed by atoms with Crippen LogP contribution >= 0.6 is 0 Å². The fourth-order valence-corrected chi connectivity index (χ4v) is 3.47. The van der Waals surface area contributed by atoms with Crippen LogP contribution < -0.4 is 5.73 Å². The lowest BCUT2D eigenvalue weighted by atomic mass is 9.99. The monoisotopic (exact) mass is 425 g/mol. The Morgan fingerprint density at radius 3 is 2.06 bits per heavy atom. The number of hydrogen-bond donors (Lipinski definition) is 2. The van der Waals surface area contributed by atoms with Crippen LogP contribution in [0.2, 0.25) is 0 Å². The number of methoxy groups -OCH3 is 1. The zero-order chi connectivity index (χ0) is 23.0. The molecule has 2 rings (SSSR count). The molecule has 0 spiro atoms. The number of amides is 1. The molecule has 0 radical (unpaired) electrons. The van der Waals surface area contributed by atoms with E-state index in [9.17, 15) is 9.59 Å². The molecule has 166 valence electrons. The number of amidine groups is 1. The van der Waals surface area contributed by atoms with Gasteiger partial charge in [-0.2, -0.15) is 0 Å². The van der Waals surface area contributed by atoms with Gasteiger partial charge < -0.3 is 20.6 Å². The van der Waals surface area contributed by atoms with Crippen molar-refractivity contribution in [3.8, 4) is 11.1 Å². The van der Waals surface area contributed by atoms with E-state index in [1.54, 1.807) is 17.0 Å². The molecule has 7 heteroatoms. The lowest BCUT2D eigenvalue weighted by Gasteiger charge is -2.32. The summed E-state index contributed by atoms with van der Waals surface area (Å²) in [4.78, 5) is 26.8. The molecule has 2 aromatic carbocycles. The number of benzene rings is 2. The van der Waals surface area contributed by atoms with E-state index in [1.165, 1.54) is 7.11 Å². The standard InChI is InChI=1S/C24H31N3O4/c1-5-6-21(28)27(22(16(2)3)24(29)31-4)15-17-7-9-18(10-8-17)19-11-13-20(14-12-19)23(25)26-30/h7-14,16,22,30H,5-6,15H2,1-4H3,(H2,25,26)/t22-/m0/s1. The van der Waals surface area contributed by atoms with Crippen LogP contribution in [0.5, 0.6) is 0 Å². The summed E-state index contributed by atoms with van der Waals surface area (Å²) in [5.41, 5.74) is 9.14. The summed E-state index contributed by atoms with van der Waals surface area (Å²) >= 11 is 0. The van der Waals surface area contributed by atoms with Crippen LogP contribution in [-0.4, -0.2) is 41.0 Å². The summed E-state index contributed by atoms with van der Waals surface area (Å²) in [5.74, 6) is -0.471. The van der Waals surface area contributed by atoms with Crippen molar-refractivity contribution in [3.05, 3.63) is 59.7 Å². The van der Waals surface area contributed by atoms with Crippen molar-refractivity contribution in [1.29, 1.82) is 0 Å². The van der Waals surface area contributed by atoms with Crippen LogP contribution in [-0.2, 0) is 20.9 Å². The van der Waals surface area contributed by atoms with Gasteiger partial charge in [0.05, 0.1) is 7.11 Å². The molecular weight excluding hydrogens is 394 g/mol.